The summed E-state index contributed by atoms with van der Waals surface area (Å²) in [6.07, 6.45) is -1.15. The van der Waals surface area contributed by atoms with Crippen LogP contribution >= 0.6 is 11.3 Å². The van der Waals surface area contributed by atoms with Gasteiger partial charge in [-0.15, -0.1) is 11.3 Å². The molecule has 180 valence electrons. The van der Waals surface area contributed by atoms with Crippen LogP contribution in [-0.2, 0) is 12.8 Å². The van der Waals surface area contributed by atoms with Gasteiger partial charge in [0.15, 0.2) is 11.7 Å². The molecule has 34 heavy (non-hydrogen) atoms. The molecule has 0 spiro atoms. The van der Waals surface area contributed by atoms with Gasteiger partial charge >= 0.3 is 6.18 Å². The standard InChI is InChI=1S/C22H22F3N5O3S/c1-10-4-5-11-15(7-10)34-21(18(11)19(26)31)28-20(32)13-9-17-27-12(14-3-2-6-33-14)8-16(22(23,24)25)30(17)29-13/h2-3,6,9-10,12,16,27H,4-5,7-8H2,1H3,(H2,26,31)(H,28,32)/t10?,12-,16+/m1/s1. The Labute approximate surface area is 196 Å². The van der Waals surface area contributed by atoms with Crippen LogP contribution in [0.15, 0.2) is 28.9 Å². The molecule has 0 bridgehead atoms. The molecule has 8 nitrogen and oxygen atoms in total. The van der Waals surface area contributed by atoms with E-state index < -0.39 is 30.1 Å². The fourth-order valence-electron chi connectivity index (χ4n) is 4.63. The summed E-state index contributed by atoms with van der Waals surface area (Å²) in [5.41, 5.74) is 6.50. The van der Waals surface area contributed by atoms with E-state index in [1.807, 2.05) is 0 Å². The van der Waals surface area contributed by atoms with Crippen molar-refractivity contribution in [3.63, 3.8) is 0 Å². The minimum absolute atomic E-state index is 0.0505. The smallest absolute Gasteiger partial charge is 0.410 e. The number of fused-ring (bicyclic) bond motifs is 2. The second-order valence-corrected chi connectivity index (χ2v) is 9.84. The summed E-state index contributed by atoms with van der Waals surface area (Å²) < 4.78 is 47.5. The molecule has 3 aromatic rings. The number of hydrogen-bond donors (Lipinski definition) is 3. The predicted octanol–water partition coefficient (Wildman–Crippen LogP) is 4.67. The van der Waals surface area contributed by atoms with E-state index in [2.05, 4.69) is 22.7 Å². The largest absolute Gasteiger partial charge is 0.467 e. The molecule has 1 aliphatic carbocycles. The molecule has 0 radical (unpaired) electrons. The number of nitrogens with two attached hydrogens (primary N) is 1. The van der Waals surface area contributed by atoms with Gasteiger partial charge in [-0.1, -0.05) is 6.92 Å². The Morgan fingerprint density at radius 2 is 2.18 bits per heavy atom. The molecule has 3 aromatic heterocycles. The van der Waals surface area contributed by atoms with Crippen LogP contribution < -0.4 is 16.4 Å². The number of rotatable bonds is 4. The number of furan rings is 1. The van der Waals surface area contributed by atoms with Gasteiger partial charge in [0.1, 0.15) is 16.6 Å². The lowest BCUT2D eigenvalue weighted by molar-refractivity contribution is -0.174. The molecule has 1 unspecified atom stereocenters. The molecule has 0 saturated carbocycles. The maximum atomic E-state index is 13.8. The summed E-state index contributed by atoms with van der Waals surface area (Å²) in [5.74, 6) is -0.505. The van der Waals surface area contributed by atoms with Gasteiger partial charge in [-0.25, -0.2) is 4.68 Å². The Bertz CT molecular complexity index is 1250. The van der Waals surface area contributed by atoms with Crippen molar-refractivity contribution >= 4 is 34.0 Å². The number of amides is 2. The molecule has 12 heteroatoms. The molecule has 2 aliphatic rings. The maximum Gasteiger partial charge on any atom is 0.410 e. The molecule has 5 rings (SSSR count). The number of carbonyl (C=O) groups excluding carboxylic acids is 2. The summed E-state index contributed by atoms with van der Waals surface area (Å²) in [6.45, 7) is 2.11. The SMILES string of the molecule is CC1CCc2c(sc(NC(=O)c3cc4n(n3)[C@H](C(F)(F)F)C[C@H](c3ccco3)N4)c2C(N)=O)C1. The van der Waals surface area contributed by atoms with E-state index in [1.165, 1.54) is 23.7 Å². The first-order chi connectivity index (χ1) is 16.1. The highest BCUT2D eigenvalue weighted by Crippen LogP contribution is 2.44. The van der Waals surface area contributed by atoms with Crippen molar-refractivity contribution in [1.82, 2.24) is 9.78 Å². The highest BCUT2D eigenvalue weighted by molar-refractivity contribution is 7.17. The minimum Gasteiger partial charge on any atom is -0.467 e. The van der Waals surface area contributed by atoms with Crippen LogP contribution in [0.4, 0.5) is 24.0 Å². The van der Waals surface area contributed by atoms with Crippen molar-refractivity contribution in [3.8, 4) is 0 Å². The van der Waals surface area contributed by atoms with Gasteiger partial charge in [0.05, 0.1) is 17.9 Å². The zero-order chi connectivity index (χ0) is 24.2. The number of primary amides is 1. The number of anilines is 2. The van der Waals surface area contributed by atoms with E-state index in [0.717, 1.165) is 28.0 Å². The van der Waals surface area contributed by atoms with Crippen molar-refractivity contribution in [1.29, 1.82) is 0 Å². The number of carbonyl (C=O) groups is 2. The third kappa shape index (κ3) is 3.95. The van der Waals surface area contributed by atoms with E-state index >= 15 is 0 Å². The Kier molecular flexibility index (Phi) is 5.42. The summed E-state index contributed by atoms with van der Waals surface area (Å²) in [6, 6.07) is 1.80. The summed E-state index contributed by atoms with van der Waals surface area (Å²) in [5, 5.41) is 9.89. The number of alkyl halides is 3. The van der Waals surface area contributed by atoms with Crippen LogP contribution in [0.5, 0.6) is 0 Å². The number of thiophene rings is 1. The van der Waals surface area contributed by atoms with Crippen molar-refractivity contribution in [2.45, 2.75) is 50.9 Å². The normalized spacial score (nSPS) is 21.9. The molecule has 4 heterocycles. The third-order valence-corrected chi connectivity index (χ3v) is 7.46. The molecule has 3 atom stereocenters. The van der Waals surface area contributed by atoms with Gasteiger partial charge in [-0.05, 0) is 42.9 Å². The van der Waals surface area contributed by atoms with Gasteiger partial charge in [-0.2, -0.15) is 18.3 Å². The number of halogens is 3. The van der Waals surface area contributed by atoms with E-state index in [4.69, 9.17) is 10.2 Å². The lowest BCUT2D eigenvalue weighted by atomic mass is 9.88. The predicted molar refractivity (Wildman–Crippen MR) is 119 cm³/mol. The summed E-state index contributed by atoms with van der Waals surface area (Å²) >= 11 is 1.28. The number of nitrogens with one attached hydrogen (secondary N) is 2. The minimum atomic E-state index is -4.58. The van der Waals surface area contributed by atoms with E-state index in [0.29, 0.717) is 23.1 Å². The lowest BCUT2D eigenvalue weighted by Gasteiger charge is -2.32. The highest BCUT2D eigenvalue weighted by atomic mass is 32.1. The Morgan fingerprint density at radius 3 is 2.85 bits per heavy atom. The van der Waals surface area contributed by atoms with Crippen LogP contribution in [0.3, 0.4) is 0 Å². The lowest BCUT2D eigenvalue weighted by Crippen LogP contribution is -2.35. The van der Waals surface area contributed by atoms with E-state index in [1.54, 1.807) is 12.1 Å². The quantitative estimate of drug-likeness (QED) is 0.488. The summed E-state index contributed by atoms with van der Waals surface area (Å²) in [4.78, 5) is 26.1. The van der Waals surface area contributed by atoms with Crippen LogP contribution in [0.2, 0.25) is 0 Å². The average molecular weight is 494 g/mol. The van der Waals surface area contributed by atoms with Crippen LogP contribution in [0.1, 0.15) is 68.9 Å². The number of aromatic nitrogens is 2. The van der Waals surface area contributed by atoms with Gasteiger partial charge in [0.25, 0.3) is 11.8 Å². The first-order valence-corrected chi connectivity index (χ1v) is 11.7. The molecule has 0 fully saturated rings. The number of hydrogen-bond acceptors (Lipinski definition) is 6. The molecular weight excluding hydrogens is 471 g/mol. The van der Waals surface area contributed by atoms with Crippen LogP contribution in [0.25, 0.3) is 0 Å². The first kappa shape index (κ1) is 22.5. The van der Waals surface area contributed by atoms with Gasteiger partial charge in [0, 0.05) is 17.4 Å². The van der Waals surface area contributed by atoms with Crippen molar-refractivity contribution in [2.75, 3.05) is 10.6 Å². The van der Waals surface area contributed by atoms with Crippen molar-refractivity contribution < 1.29 is 27.2 Å². The first-order valence-electron chi connectivity index (χ1n) is 10.8. The summed E-state index contributed by atoms with van der Waals surface area (Å²) in [7, 11) is 0. The Hall–Kier alpha value is -3.28. The fraction of sp³-hybridized carbons (Fsp3) is 0.409. The van der Waals surface area contributed by atoms with Gasteiger partial charge in [-0.3, -0.25) is 9.59 Å². The maximum absolute atomic E-state index is 13.8. The third-order valence-electron chi connectivity index (χ3n) is 6.29. The Morgan fingerprint density at radius 1 is 1.38 bits per heavy atom. The molecular formula is C22H22F3N5O3S. The van der Waals surface area contributed by atoms with Crippen molar-refractivity contribution in [3.05, 3.63) is 51.9 Å². The number of nitrogens with zero attached hydrogens (tertiary/aromatic N) is 2. The second kappa shape index (κ2) is 8.19. The molecule has 2 amide bonds. The Balaban J connectivity index is 1.45. The van der Waals surface area contributed by atoms with E-state index in [9.17, 15) is 22.8 Å². The van der Waals surface area contributed by atoms with Gasteiger partial charge in [0.2, 0.25) is 0 Å². The zero-order valence-electron chi connectivity index (χ0n) is 18.1. The van der Waals surface area contributed by atoms with Crippen LogP contribution in [0, 0.1) is 5.92 Å². The van der Waals surface area contributed by atoms with E-state index in [-0.39, 0.29) is 23.5 Å². The monoisotopic (exact) mass is 493 g/mol. The molecule has 4 N–H and O–H groups in total. The molecule has 1 aliphatic heterocycles. The fourth-order valence-corrected chi connectivity index (χ4v) is 6.04. The van der Waals surface area contributed by atoms with Crippen molar-refractivity contribution in [2.24, 2.45) is 11.7 Å². The molecule has 0 saturated heterocycles. The second-order valence-electron chi connectivity index (χ2n) is 8.74. The highest BCUT2D eigenvalue weighted by Gasteiger charge is 2.47. The molecule has 0 aromatic carbocycles. The van der Waals surface area contributed by atoms with Gasteiger partial charge < -0.3 is 20.8 Å². The topological polar surface area (TPSA) is 115 Å². The van der Waals surface area contributed by atoms with Crippen LogP contribution in [-0.4, -0.2) is 27.8 Å². The average Bonchev–Trinajstić information content (AvgIpc) is 3.49. The zero-order valence-corrected chi connectivity index (χ0v) is 18.9.